The van der Waals surface area contributed by atoms with E-state index >= 15 is 0 Å². The molecule has 5 nitrogen and oxygen atoms in total. The van der Waals surface area contributed by atoms with Crippen LogP contribution >= 0.6 is 11.3 Å². The quantitative estimate of drug-likeness (QED) is 0.697. The highest BCUT2D eigenvalue weighted by atomic mass is 32.1. The molecule has 1 heterocycles. The summed E-state index contributed by atoms with van der Waals surface area (Å²) in [7, 11) is 1.59. The van der Waals surface area contributed by atoms with Gasteiger partial charge in [-0.3, -0.25) is 10.1 Å². The number of amides is 1. The van der Waals surface area contributed by atoms with Gasteiger partial charge in [0.2, 0.25) is 0 Å². The summed E-state index contributed by atoms with van der Waals surface area (Å²) in [6.45, 7) is 0. The molecule has 0 atom stereocenters. The summed E-state index contributed by atoms with van der Waals surface area (Å²) < 4.78 is 12.5. The lowest BCUT2D eigenvalue weighted by atomic mass is 10.2. The zero-order valence-electron chi connectivity index (χ0n) is 14.5. The molecular weight excluding hydrogens is 348 g/mol. The first-order valence-electron chi connectivity index (χ1n) is 8.74. The second-order valence-corrected chi connectivity index (χ2v) is 7.36. The van der Waals surface area contributed by atoms with Gasteiger partial charge in [0.05, 0.1) is 23.4 Å². The molecule has 0 unspecified atom stereocenters. The van der Waals surface area contributed by atoms with Gasteiger partial charge >= 0.3 is 0 Å². The Bertz CT molecular complexity index is 899. The van der Waals surface area contributed by atoms with Gasteiger partial charge in [-0.15, -0.1) is 0 Å². The van der Waals surface area contributed by atoms with Crippen molar-refractivity contribution in [3.05, 3.63) is 48.0 Å². The summed E-state index contributed by atoms with van der Waals surface area (Å²) in [5.41, 5.74) is 1.39. The maximum Gasteiger partial charge on any atom is 0.257 e. The summed E-state index contributed by atoms with van der Waals surface area (Å²) in [6, 6.07) is 13.1. The number of fused-ring (bicyclic) bond motifs is 1. The van der Waals surface area contributed by atoms with Crippen molar-refractivity contribution in [3.8, 4) is 11.5 Å². The van der Waals surface area contributed by atoms with E-state index in [2.05, 4.69) is 10.3 Å². The van der Waals surface area contributed by atoms with Crippen molar-refractivity contribution in [1.82, 2.24) is 4.98 Å². The predicted molar refractivity (Wildman–Crippen MR) is 103 cm³/mol. The third-order valence-electron chi connectivity index (χ3n) is 4.54. The number of thiazole rings is 1. The molecule has 1 aromatic heterocycles. The Hall–Kier alpha value is -2.60. The first-order valence-corrected chi connectivity index (χ1v) is 9.56. The second kappa shape index (κ2) is 7.33. The monoisotopic (exact) mass is 368 g/mol. The Kier molecular flexibility index (Phi) is 4.75. The molecule has 1 saturated carbocycles. The van der Waals surface area contributed by atoms with Crippen molar-refractivity contribution in [2.24, 2.45) is 0 Å². The molecule has 0 saturated heterocycles. The summed E-state index contributed by atoms with van der Waals surface area (Å²) in [5, 5.41) is 3.45. The molecule has 1 amide bonds. The fourth-order valence-corrected chi connectivity index (χ4v) is 4.05. The third kappa shape index (κ3) is 3.51. The Morgan fingerprint density at radius 1 is 1.15 bits per heavy atom. The van der Waals surface area contributed by atoms with E-state index in [1.807, 2.05) is 30.3 Å². The highest BCUT2D eigenvalue weighted by molar-refractivity contribution is 7.22. The Morgan fingerprint density at radius 2 is 1.96 bits per heavy atom. The fourth-order valence-electron chi connectivity index (χ4n) is 3.19. The smallest absolute Gasteiger partial charge is 0.257 e. The Morgan fingerprint density at radius 3 is 2.73 bits per heavy atom. The summed E-state index contributed by atoms with van der Waals surface area (Å²) >= 11 is 1.46. The minimum Gasteiger partial charge on any atom is -0.493 e. The van der Waals surface area contributed by atoms with Crippen molar-refractivity contribution in [2.75, 3.05) is 12.4 Å². The SMILES string of the molecule is COc1cc(C(=O)Nc2nc3ccccc3s2)ccc1OC1CCCC1. The number of nitrogens with zero attached hydrogens (tertiary/aromatic N) is 1. The lowest BCUT2D eigenvalue weighted by Crippen LogP contribution is -2.14. The normalized spacial score (nSPS) is 14.5. The number of hydrogen-bond donors (Lipinski definition) is 1. The number of para-hydroxylation sites is 1. The molecule has 6 heteroatoms. The van der Waals surface area contributed by atoms with Crippen molar-refractivity contribution >= 4 is 32.6 Å². The van der Waals surface area contributed by atoms with E-state index in [0.717, 1.165) is 23.1 Å². The Labute approximate surface area is 156 Å². The van der Waals surface area contributed by atoms with Gasteiger partial charge in [-0.2, -0.15) is 0 Å². The summed E-state index contributed by atoms with van der Waals surface area (Å²) in [6.07, 6.45) is 4.79. The van der Waals surface area contributed by atoms with Crippen molar-refractivity contribution in [3.63, 3.8) is 0 Å². The van der Waals surface area contributed by atoms with Crippen molar-refractivity contribution in [2.45, 2.75) is 31.8 Å². The first kappa shape index (κ1) is 16.8. The number of carbonyl (C=O) groups is 1. The van der Waals surface area contributed by atoms with Gasteiger partial charge in [-0.1, -0.05) is 23.5 Å². The van der Waals surface area contributed by atoms with Crippen LogP contribution in [0, 0.1) is 0 Å². The molecule has 2 aromatic carbocycles. The van der Waals surface area contributed by atoms with Crippen LogP contribution in [-0.4, -0.2) is 24.1 Å². The molecule has 1 aliphatic carbocycles. The average Bonchev–Trinajstić information content (AvgIpc) is 3.30. The molecule has 0 spiro atoms. The Balaban J connectivity index is 1.51. The second-order valence-electron chi connectivity index (χ2n) is 6.33. The highest BCUT2D eigenvalue weighted by Gasteiger charge is 2.19. The minimum atomic E-state index is -0.213. The number of hydrogen-bond acceptors (Lipinski definition) is 5. The fraction of sp³-hybridized carbons (Fsp3) is 0.300. The number of rotatable bonds is 5. The van der Waals surface area contributed by atoms with Crippen LogP contribution in [0.1, 0.15) is 36.0 Å². The first-order chi connectivity index (χ1) is 12.7. The van der Waals surface area contributed by atoms with E-state index in [0.29, 0.717) is 22.2 Å². The molecule has 3 aromatic rings. The van der Waals surface area contributed by atoms with Gasteiger partial charge in [0.15, 0.2) is 16.6 Å². The number of methoxy groups -OCH3 is 1. The molecule has 0 bridgehead atoms. The van der Waals surface area contributed by atoms with Crippen LogP contribution in [0.4, 0.5) is 5.13 Å². The number of ether oxygens (including phenoxy) is 2. The molecular formula is C20H20N2O3S. The van der Waals surface area contributed by atoms with Crippen LogP contribution in [0.2, 0.25) is 0 Å². The minimum absolute atomic E-state index is 0.213. The van der Waals surface area contributed by atoms with E-state index < -0.39 is 0 Å². The van der Waals surface area contributed by atoms with Gasteiger partial charge in [0, 0.05) is 5.56 Å². The number of benzene rings is 2. The summed E-state index contributed by atoms with van der Waals surface area (Å²) in [5.74, 6) is 1.06. The largest absolute Gasteiger partial charge is 0.493 e. The number of anilines is 1. The van der Waals surface area contributed by atoms with Crippen molar-refractivity contribution < 1.29 is 14.3 Å². The van der Waals surface area contributed by atoms with Gasteiger partial charge in [-0.25, -0.2) is 4.98 Å². The maximum atomic E-state index is 12.6. The van der Waals surface area contributed by atoms with E-state index in [1.54, 1.807) is 19.2 Å². The van der Waals surface area contributed by atoms with Gasteiger partial charge in [-0.05, 0) is 56.0 Å². The predicted octanol–water partition coefficient (Wildman–Crippen LogP) is 4.88. The maximum absolute atomic E-state index is 12.6. The molecule has 134 valence electrons. The molecule has 26 heavy (non-hydrogen) atoms. The highest BCUT2D eigenvalue weighted by Crippen LogP contribution is 2.33. The van der Waals surface area contributed by atoms with Crippen LogP contribution in [-0.2, 0) is 0 Å². The molecule has 0 aliphatic heterocycles. The van der Waals surface area contributed by atoms with Gasteiger partial charge < -0.3 is 9.47 Å². The average molecular weight is 368 g/mol. The van der Waals surface area contributed by atoms with Gasteiger partial charge in [0.25, 0.3) is 5.91 Å². The molecule has 4 rings (SSSR count). The summed E-state index contributed by atoms with van der Waals surface area (Å²) in [4.78, 5) is 17.0. The molecule has 1 N–H and O–H groups in total. The zero-order chi connectivity index (χ0) is 17.9. The van der Waals surface area contributed by atoms with E-state index in [4.69, 9.17) is 9.47 Å². The van der Waals surface area contributed by atoms with Crippen LogP contribution in [0.25, 0.3) is 10.2 Å². The number of aromatic nitrogens is 1. The van der Waals surface area contributed by atoms with E-state index in [9.17, 15) is 4.79 Å². The van der Waals surface area contributed by atoms with Crippen LogP contribution in [0.15, 0.2) is 42.5 Å². The zero-order valence-corrected chi connectivity index (χ0v) is 15.3. The van der Waals surface area contributed by atoms with Crippen LogP contribution in [0.5, 0.6) is 11.5 Å². The molecule has 1 aliphatic rings. The van der Waals surface area contributed by atoms with Crippen LogP contribution < -0.4 is 14.8 Å². The lowest BCUT2D eigenvalue weighted by Gasteiger charge is -2.16. The topological polar surface area (TPSA) is 60.5 Å². The number of carbonyl (C=O) groups excluding carboxylic acids is 1. The third-order valence-corrected chi connectivity index (χ3v) is 5.49. The van der Waals surface area contributed by atoms with Crippen molar-refractivity contribution in [1.29, 1.82) is 0 Å². The lowest BCUT2D eigenvalue weighted by molar-refractivity contribution is 0.102. The van der Waals surface area contributed by atoms with E-state index in [1.165, 1.54) is 24.2 Å². The van der Waals surface area contributed by atoms with Crippen LogP contribution in [0.3, 0.4) is 0 Å². The van der Waals surface area contributed by atoms with E-state index in [-0.39, 0.29) is 12.0 Å². The number of nitrogens with one attached hydrogen (secondary N) is 1. The van der Waals surface area contributed by atoms with Gasteiger partial charge in [0.1, 0.15) is 0 Å². The molecule has 1 fully saturated rings. The molecule has 0 radical (unpaired) electrons. The standard InChI is InChI=1S/C20H20N2O3S/c1-24-17-12-13(10-11-16(17)25-14-6-2-3-7-14)19(23)22-20-21-15-8-4-5-9-18(15)26-20/h4-5,8-12,14H,2-3,6-7H2,1H3,(H,21,22,23).